The Morgan fingerprint density at radius 3 is 2.36 bits per heavy atom. The molecule has 0 aliphatic heterocycles. The van der Waals surface area contributed by atoms with Crippen molar-refractivity contribution < 1.29 is 17.6 Å². The zero-order valence-corrected chi connectivity index (χ0v) is 16.2. The zero-order chi connectivity index (χ0) is 19.0. The maximum atomic E-state index is 12.7. The van der Waals surface area contributed by atoms with E-state index >= 15 is 0 Å². The summed E-state index contributed by atoms with van der Waals surface area (Å²) in [6.07, 6.45) is -2.71. The lowest BCUT2D eigenvalue weighted by Gasteiger charge is -2.22. The van der Waals surface area contributed by atoms with Crippen LogP contribution < -0.4 is 0 Å². The molecular formula is C17H20ClF3N2OS. The highest BCUT2D eigenvalue weighted by molar-refractivity contribution is 7.97. The number of oxazole rings is 1. The van der Waals surface area contributed by atoms with E-state index in [1.807, 2.05) is 39.0 Å². The second-order valence-electron chi connectivity index (χ2n) is 6.77. The smallest absolute Gasteiger partial charge is 0.416 e. The van der Waals surface area contributed by atoms with Gasteiger partial charge in [0.05, 0.1) is 22.8 Å². The highest BCUT2D eigenvalue weighted by Crippen LogP contribution is 2.38. The van der Waals surface area contributed by atoms with Gasteiger partial charge in [0.1, 0.15) is 5.76 Å². The monoisotopic (exact) mass is 392 g/mol. The van der Waals surface area contributed by atoms with Crippen molar-refractivity contribution in [1.82, 2.24) is 9.29 Å². The van der Waals surface area contributed by atoms with Gasteiger partial charge in [-0.1, -0.05) is 32.4 Å². The van der Waals surface area contributed by atoms with E-state index in [0.717, 1.165) is 17.9 Å². The summed E-state index contributed by atoms with van der Waals surface area (Å²) in [4.78, 5) is 4.84. The van der Waals surface area contributed by atoms with Crippen LogP contribution in [0.2, 0.25) is 5.02 Å². The normalized spacial score (nSPS) is 14.2. The molecule has 0 spiro atoms. The lowest BCUT2D eigenvalue weighted by molar-refractivity contribution is -0.137. The molecule has 8 heteroatoms. The van der Waals surface area contributed by atoms with Gasteiger partial charge >= 0.3 is 6.18 Å². The summed E-state index contributed by atoms with van der Waals surface area (Å²) >= 11 is 7.25. The van der Waals surface area contributed by atoms with Crippen molar-refractivity contribution in [2.24, 2.45) is 0 Å². The lowest BCUT2D eigenvalue weighted by Crippen LogP contribution is -2.15. The van der Waals surface area contributed by atoms with Crippen LogP contribution in [0.1, 0.15) is 51.0 Å². The predicted molar refractivity (Wildman–Crippen MR) is 93.7 cm³/mol. The number of nitrogens with zero attached hydrogens (tertiary/aromatic N) is 2. The molecule has 0 amide bonds. The fourth-order valence-electron chi connectivity index (χ4n) is 1.97. The second kappa shape index (κ2) is 7.21. The number of benzene rings is 1. The Morgan fingerprint density at radius 2 is 1.88 bits per heavy atom. The molecule has 0 bridgehead atoms. The Kier molecular flexibility index (Phi) is 5.81. The fourth-order valence-corrected chi connectivity index (χ4v) is 3.09. The summed E-state index contributed by atoms with van der Waals surface area (Å²) in [6.45, 7) is 8.00. The van der Waals surface area contributed by atoms with Gasteiger partial charge in [0.2, 0.25) is 5.89 Å². The number of halogens is 4. The molecule has 25 heavy (non-hydrogen) atoms. The average Bonchev–Trinajstić information content (AvgIpc) is 2.97. The first-order valence-electron chi connectivity index (χ1n) is 7.63. The summed E-state index contributed by atoms with van der Waals surface area (Å²) < 4.78 is 45.8. The molecule has 3 nitrogen and oxygen atoms in total. The van der Waals surface area contributed by atoms with Crippen molar-refractivity contribution in [2.75, 3.05) is 7.05 Å². The Labute approximate surface area is 154 Å². The second-order valence-corrected chi connectivity index (χ2v) is 8.37. The first kappa shape index (κ1) is 20.1. The topological polar surface area (TPSA) is 29.3 Å². The van der Waals surface area contributed by atoms with Gasteiger partial charge in [-0.25, -0.2) is 9.29 Å². The Hall–Kier alpha value is -1.18. The number of aromatic nitrogens is 1. The molecule has 2 aromatic rings. The quantitative estimate of drug-likeness (QED) is 0.567. The van der Waals surface area contributed by atoms with Crippen LogP contribution in [0.4, 0.5) is 13.2 Å². The van der Waals surface area contributed by atoms with E-state index in [9.17, 15) is 13.2 Å². The molecule has 2 rings (SSSR count). The molecule has 1 aromatic heterocycles. The average molecular weight is 393 g/mol. The minimum Gasteiger partial charge on any atom is -0.443 e. The molecule has 138 valence electrons. The first-order chi connectivity index (χ1) is 11.4. The van der Waals surface area contributed by atoms with Gasteiger partial charge in [-0.05, 0) is 44.1 Å². The minimum absolute atomic E-state index is 0.0571. The molecule has 0 radical (unpaired) electrons. The third-order valence-electron chi connectivity index (χ3n) is 3.67. The fraction of sp³-hybridized carbons (Fsp3) is 0.471. The van der Waals surface area contributed by atoms with E-state index in [1.54, 1.807) is 6.20 Å². The van der Waals surface area contributed by atoms with Gasteiger partial charge in [-0.15, -0.1) is 0 Å². The van der Waals surface area contributed by atoms with Gasteiger partial charge in [-0.2, -0.15) is 13.2 Å². The molecule has 0 saturated heterocycles. The Balaban J connectivity index is 2.14. The Morgan fingerprint density at radius 1 is 1.24 bits per heavy atom. The van der Waals surface area contributed by atoms with E-state index in [0.29, 0.717) is 10.8 Å². The standard InChI is InChI=1S/C17H20ClF3N2OS/c1-10(15-22-9-14(24-15)16(2,3)4)23(5)25-13-7-6-11(8-12(13)18)17(19,20)21/h6-10H,1-5H3. The van der Waals surface area contributed by atoms with E-state index in [4.69, 9.17) is 16.0 Å². The highest BCUT2D eigenvalue weighted by atomic mass is 35.5. The largest absolute Gasteiger partial charge is 0.443 e. The van der Waals surface area contributed by atoms with Crippen molar-refractivity contribution in [3.63, 3.8) is 0 Å². The number of hydrogen-bond acceptors (Lipinski definition) is 4. The van der Waals surface area contributed by atoms with E-state index in [-0.39, 0.29) is 16.5 Å². The van der Waals surface area contributed by atoms with Crippen molar-refractivity contribution in [3.8, 4) is 0 Å². The minimum atomic E-state index is -4.41. The Bertz CT molecular complexity index is 740. The molecule has 1 unspecified atom stereocenters. The van der Waals surface area contributed by atoms with Crippen LogP contribution in [0.25, 0.3) is 0 Å². The molecule has 1 aromatic carbocycles. The van der Waals surface area contributed by atoms with Crippen LogP contribution in [-0.2, 0) is 11.6 Å². The lowest BCUT2D eigenvalue weighted by atomic mass is 9.94. The molecule has 1 heterocycles. The van der Waals surface area contributed by atoms with E-state index in [2.05, 4.69) is 4.98 Å². The third kappa shape index (κ3) is 4.92. The number of rotatable bonds is 4. The van der Waals surface area contributed by atoms with Crippen molar-refractivity contribution in [2.45, 2.75) is 50.2 Å². The maximum absolute atomic E-state index is 12.7. The van der Waals surface area contributed by atoms with Crippen LogP contribution in [0, 0.1) is 0 Å². The van der Waals surface area contributed by atoms with Crippen LogP contribution in [0.15, 0.2) is 33.7 Å². The molecule has 0 fully saturated rings. The number of hydrogen-bond donors (Lipinski definition) is 0. The molecular weight excluding hydrogens is 373 g/mol. The van der Waals surface area contributed by atoms with Crippen LogP contribution in [-0.4, -0.2) is 16.3 Å². The van der Waals surface area contributed by atoms with Gasteiger partial charge in [0.15, 0.2) is 0 Å². The molecule has 1 atom stereocenters. The van der Waals surface area contributed by atoms with E-state index in [1.165, 1.54) is 18.0 Å². The third-order valence-corrected chi connectivity index (χ3v) is 5.25. The van der Waals surface area contributed by atoms with Crippen LogP contribution in [0.3, 0.4) is 0 Å². The summed E-state index contributed by atoms with van der Waals surface area (Å²) in [5.74, 6) is 1.32. The zero-order valence-electron chi connectivity index (χ0n) is 14.6. The summed E-state index contributed by atoms with van der Waals surface area (Å²) in [7, 11) is 1.81. The van der Waals surface area contributed by atoms with Gasteiger partial charge in [0.25, 0.3) is 0 Å². The molecule has 0 aliphatic carbocycles. The maximum Gasteiger partial charge on any atom is 0.416 e. The SMILES string of the molecule is CC(c1ncc(C(C)(C)C)o1)N(C)Sc1ccc(C(F)(F)F)cc1Cl. The number of alkyl halides is 3. The molecule has 0 saturated carbocycles. The van der Waals surface area contributed by atoms with Crippen molar-refractivity contribution >= 4 is 23.5 Å². The van der Waals surface area contributed by atoms with Gasteiger partial charge in [0, 0.05) is 10.3 Å². The van der Waals surface area contributed by atoms with Crippen molar-refractivity contribution in [3.05, 3.63) is 46.6 Å². The van der Waals surface area contributed by atoms with Crippen molar-refractivity contribution in [1.29, 1.82) is 0 Å². The summed E-state index contributed by atoms with van der Waals surface area (Å²) in [5.41, 5.74) is -0.909. The predicted octanol–water partition coefficient (Wildman–Crippen LogP) is 6.34. The van der Waals surface area contributed by atoms with Gasteiger partial charge in [-0.3, -0.25) is 0 Å². The molecule has 0 aliphatic rings. The van der Waals surface area contributed by atoms with Crippen LogP contribution in [0.5, 0.6) is 0 Å². The summed E-state index contributed by atoms with van der Waals surface area (Å²) in [5, 5.41) is 0.0571. The molecule has 0 N–H and O–H groups in total. The highest BCUT2D eigenvalue weighted by Gasteiger charge is 2.31. The summed E-state index contributed by atoms with van der Waals surface area (Å²) in [6, 6.07) is 3.15. The van der Waals surface area contributed by atoms with E-state index < -0.39 is 11.7 Å². The van der Waals surface area contributed by atoms with Gasteiger partial charge < -0.3 is 4.42 Å². The van der Waals surface area contributed by atoms with Crippen LogP contribution >= 0.6 is 23.5 Å². The first-order valence-corrected chi connectivity index (χ1v) is 8.78.